The average Bonchev–Trinajstić information content (AvgIpc) is 2.72. The van der Waals surface area contributed by atoms with Gasteiger partial charge in [0.05, 0.1) is 12.7 Å². The molecule has 2 heterocycles. The number of oxazole rings is 1. The van der Waals surface area contributed by atoms with Crippen molar-refractivity contribution in [2.75, 3.05) is 30.3 Å². The number of ether oxygens (including phenoxy) is 1. The summed E-state index contributed by atoms with van der Waals surface area (Å²) in [6.07, 6.45) is 0.212. The standard InChI is InChI=1S/C12H15N3O2/c1-8-7-15(4-5-16-8)12-14-10-6-9(13)2-3-11(10)17-12/h2-3,6,8H,4-5,7,13H2,1H3. The van der Waals surface area contributed by atoms with Crippen LogP contribution in [0.25, 0.3) is 11.1 Å². The number of morpholine rings is 1. The van der Waals surface area contributed by atoms with Gasteiger partial charge >= 0.3 is 0 Å². The summed E-state index contributed by atoms with van der Waals surface area (Å²) in [5, 5.41) is 0. The van der Waals surface area contributed by atoms with Crippen molar-refractivity contribution in [2.45, 2.75) is 13.0 Å². The summed E-state index contributed by atoms with van der Waals surface area (Å²) in [5.74, 6) is 0. The molecule has 1 aliphatic rings. The Bertz CT molecular complexity index is 538. The Labute approximate surface area is 99.2 Å². The Hall–Kier alpha value is -1.75. The lowest BCUT2D eigenvalue weighted by atomic mass is 10.3. The number of aromatic nitrogens is 1. The number of nitrogen functional groups attached to an aromatic ring is 1. The fourth-order valence-electron chi connectivity index (χ4n) is 2.06. The fourth-order valence-corrected chi connectivity index (χ4v) is 2.06. The summed E-state index contributed by atoms with van der Waals surface area (Å²) in [4.78, 5) is 6.56. The monoisotopic (exact) mass is 233 g/mol. The van der Waals surface area contributed by atoms with Crippen LogP contribution in [-0.4, -0.2) is 30.8 Å². The summed E-state index contributed by atoms with van der Waals surface area (Å²) in [6.45, 7) is 4.38. The first-order chi connectivity index (χ1) is 8.22. The molecular formula is C12H15N3O2. The van der Waals surface area contributed by atoms with Gasteiger partial charge in [-0.05, 0) is 25.1 Å². The number of hydrogen-bond donors (Lipinski definition) is 1. The fraction of sp³-hybridized carbons (Fsp3) is 0.417. The minimum atomic E-state index is 0.212. The second-order valence-corrected chi connectivity index (χ2v) is 4.35. The molecule has 1 fully saturated rings. The van der Waals surface area contributed by atoms with Crippen molar-refractivity contribution in [3.8, 4) is 0 Å². The predicted octanol–water partition coefficient (Wildman–Crippen LogP) is 1.64. The van der Waals surface area contributed by atoms with Crippen LogP contribution in [0.3, 0.4) is 0 Å². The van der Waals surface area contributed by atoms with Crippen molar-refractivity contribution < 1.29 is 9.15 Å². The Morgan fingerprint density at radius 3 is 3.18 bits per heavy atom. The third-order valence-corrected chi connectivity index (χ3v) is 2.91. The lowest BCUT2D eigenvalue weighted by Gasteiger charge is -2.29. The highest BCUT2D eigenvalue weighted by atomic mass is 16.5. The maximum absolute atomic E-state index is 5.72. The lowest BCUT2D eigenvalue weighted by molar-refractivity contribution is 0.0515. The van der Waals surface area contributed by atoms with Gasteiger partial charge in [-0.3, -0.25) is 0 Å². The van der Waals surface area contributed by atoms with E-state index in [-0.39, 0.29) is 6.10 Å². The Morgan fingerprint density at radius 1 is 1.47 bits per heavy atom. The molecule has 3 rings (SSSR count). The first kappa shape index (κ1) is 10.4. The van der Waals surface area contributed by atoms with Crippen LogP contribution in [-0.2, 0) is 4.74 Å². The second-order valence-electron chi connectivity index (χ2n) is 4.35. The van der Waals surface area contributed by atoms with Crippen LogP contribution >= 0.6 is 0 Å². The van der Waals surface area contributed by atoms with Gasteiger partial charge in [0.2, 0.25) is 0 Å². The number of rotatable bonds is 1. The predicted molar refractivity (Wildman–Crippen MR) is 66.0 cm³/mol. The topological polar surface area (TPSA) is 64.5 Å². The van der Waals surface area contributed by atoms with Crippen molar-refractivity contribution in [1.29, 1.82) is 0 Å². The molecule has 5 heteroatoms. The maximum Gasteiger partial charge on any atom is 0.298 e. The van der Waals surface area contributed by atoms with Crippen LogP contribution in [0.2, 0.25) is 0 Å². The third kappa shape index (κ3) is 1.93. The zero-order valence-electron chi connectivity index (χ0n) is 9.72. The highest BCUT2D eigenvalue weighted by molar-refractivity contribution is 5.78. The van der Waals surface area contributed by atoms with E-state index in [9.17, 15) is 0 Å². The van der Waals surface area contributed by atoms with Crippen LogP contribution < -0.4 is 10.6 Å². The Kier molecular flexibility index (Phi) is 2.40. The van der Waals surface area contributed by atoms with Gasteiger partial charge in [-0.2, -0.15) is 4.98 Å². The van der Waals surface area contributed by atoms with Crippen molar-refractivity contribution in [3.05, 3.63) is 18.2 Å². The third-order valence-electron chi connectivity index (χ3n) is 2.91. The van der Waals surface area contributed by atoms with E-state index in [0.717, 1.165) is 24.2 Å². The van der Waals surface area contributed by atoms with E-state index < -0.39 is 0 Å². The van der Waals surface area contributed by atoms with E-state index in [1.807, 2.05) is 25.1 Å². The lowest BCUT2D eigenvalue weighted by Crippen LogP contribution is -2.41. The number of benzene rings is 1. The van der Waals surface area contributed by atoms with Gasteiger partial charge < -0.3 is 19.8 Å². The molecule has 0 radical (unpaired) electrons. The molecule has 2 N–H and O–H groups in total. The van der Waals surface area contributed by atoms with Crippen LogP contribution in [0.5, 0.6) is 0 Å². The van der Waals surface area contributed by atoms with Crippen molar-refractivity contribution in [2.24, 2.45) is 0 Å². The normalized spacial score (nSPS) is 21.0. The molecule has 2 aromatic rings. The first-order valence-electron chi connectivity index (χ1n) is 5.75. The second kappa shape index (κ2) is 3.92. The first-order valence-corrected chi connectivity index (χ1v) is 5.75. The van der Waals surface area contributed by atoms with E-state index in [2.05, 4.69) is 9.88 Å². The molecule has 0 bridgehead atoms. The van der Waals surface area contributed by atoms with Gasteiger partial charge in [-0.15, -0.1) is 0 Å². The number of fused-ring (bicyclic) bond motifs is 1. The highest BCUT2D eigenvalue weighted by Crippen LogP contribution is 2.24. The smallest absolute Gasteiger partial charge is 0.298 e. The largest absolute Gasteiger partial charge is 0.423 e. The average molecular weight is 233 g/mol. The van der Waals surface area contributed by atoms with Crippen molar-refractivity contribution >= 4 is 22.8 Å². The van der Waals surface area contributed by atoms with Gasteiger partial charge in [0.1, 0.15) is 5.52 Å². The van der Waals surface area contributed by atoms with E-state index in [0.29, 0.717) is 18.3 Å². The molecule has 0 spiro atoms. The Morgan fingerprint density at radius 2 is 2.35 bits per heavy atom. The molecule has 0 saturated carbocycles. The maximum atomic E-state index is 5.72. The molecular weight excluding hydrogens is 218 g/mol. The molecule has 0 aliphatic carbocycles. The van der Waals surface area contributed by atoms with E-state index in [1.165, 1.54) is 0 Å². The molecule has 17 heavy (non-hydrogen) atoms. The molecule has 1 unspecified atom stereocenters. The summed E-state index contributed by atoms with van der Waals surface area (Å²) < 4.78 is 11.2. The molecule has 1 aromatic carbocycles. The van der Waals surface area contributed by atoms with Crippen LogP contribution in [0.4, 0.5) is 11.7 Å². The molecule has 1 aromatic heterocycles. The molecule has 1 atom stereocenters. The zero-order valence-corrected chi connectivity index (χ0v) is 9.72. The van der Waals surface area contributed by atoms with Crippen LogP contribution in [0.1, 0.15) is 6.92 Å². The summed E-state index contributed by atoms with van der Waals surface area (Å²) >= 11 is 0. The van der Waals surface area contributed by atoms with Crippen molar-refractivity contribution in [3.63, 3.8) is 0 Å². The summed E-state index contributed by atoms with van der Waals surface area (Å²) in [7, 11) is 0. The molecule has 1 aliphatic heterocycles. The van der Waals surface area contributed by atoms with E-state index in [4.69, 9.17) is 14.9 Å². The Balaban J connectivity index is 1.94. The van der Waals surface area contributed by atoms with Crippen LogP contribution in [0, 0.1) is 0 Å². The van der Waals surface area contributed by atoms with Gasteiger partial charge in [-0.1, -0.05) is 0 Å². The van der Waals surface area contributed by atoms with Gasteiger partial charge in [-0.25, -0.2) is 0 Å². The SMILES string of the molecule is CC1CN(c2nc3cc(N)ccc3o2)CCO1. The number of anilines is 2. The molecule has 0 amide bonds. The minimum Gasteiger partial charge on any atom is -0.423 e. The summed E-state index contributed by atoms with van der Waals surface area (Å²) in [5.41, 5.74) is 8.00. The van der Waals surface area contributed by atoms with Gasteiger partial charge in [0.15, 0.2) is 5.58 Å². The van der Waals surface area contributed by atoms with E-state index >= 15 is 0 Å². The molecule has 5 nitrogen and oxygen atoms in total. The summed E-state index contributed by atoms with van der Waals surface area (Å²) in [6, 6.07) is 6.15. The van der Waals surface area contributed by atoms with Gasteiger partial charge in [0, 0.05) is 18.8 Å². The minimum absolute atomic E-state index is 0.212. The highest BCUT2D eigenvalue weighted by Gasteiger charge is 2.21. The quantitative estimate of drug-likeness (QED) is 0.758. The van der Waals surface area contributed by atoms with Gasteiger partial charge in [0.25, 0.3) is 6.01 Å². The number of nitrogens with zero attached hydrogens (tertiary/aromatic N) is 2. The number of nitrogens with two attached hydrogens (primary N) is 1. The molecule has 90 valence electrons. The van der Waals surface area contributed by atoms with Crippen molar-refractivity contribution in [1.82, 2.24) is 4.98 Å². The van der Waals surface area contributed by atoms with E-state index in [1.54, 1.807) is 0 Å². The zero-order chi connectivity index (χ0) is 11.8. The number of hydrogen-bond acceptors (Lipinski definition) is 5. The molecule has 1 saturated heterocycles. The van der Waals surface area contributed by atoms with Crippen LogP contribution in [0.15, 0.2) is 22.6 Å².